The van der Waals surface area contributed by atoms with Crippen molar-refractivity contribution < 1.29 is 9.53 Å². The van der Waals surface area contributed by atoms with Gasteiger partial charge in [-0.1, -0.05) is 0 Å². The van der Waals surface area contributed by atoms with Crippen molar-refractivity contribution >= 4 is 11.7 Å². The molecule has 2 N–H and O–H groups in total. The van der Waals surface area contributed by atoms with E-state index in [-0.39, 0.29) is 19.1 Å². The van der Waals surface area contributed by atoms with Crippen molar-refractivity contribution in [1.29, 1.82) is 0 Å². The van der Waals surface area contributed by atoms with Crippen molar-refractivity contribution in [3.05, 3.63) is 0 Å². The van der Waals surface area contributed by atoms with E-state index in [1.165, 1.54) is 0 Å². The van der Waals surface area contributed by atoms with Gasteiger partial charge in [0.2, 0.25) is 0 Å². The van der Waals surface area contributed by atoms with Crippen LogP contribution in [-0.2, 0) is 9.53 Å². The van der Waals surface area contributed by atoms with Crippen LogP contribution in [0.4, 0.5) is 0 Å². The molecule has 0 atom stereocenters. The third-order valence-electron chi connectivity index (χ3n) is 0.905. The van der Waals surface area contributed by atoms with E-state index < -0.39 is 0 Å². The summed E-state index contributed by atoms with van der Waals surface area (Å²) in [6, 6.07) is 0. The number of ether oxygens (including phenoxy) is 1. The van der Waals surface area contributed by atoms with E-state index in [0.29, 0.717) is 6.54 Å². The van der Waals surface area contributed by atoms with Gasteiger partial charge >= 0.3 is 5.97 Å². The van der Waals surface area contributed by atoms with Gasteiger partial charge in [-0.3, -0.25) is 9.79 Å². The summed E-state index contributed by atoms with van der Waals surface area (Å²) in [4.78, 5) is 14.6. The van der Waals surface area contributed by atoms with E-state index in [1.807, 2.05) is 13.8 Å². The zero-order valence-electron chi connectivity index (χ0n) is 6.96. The molecule has 0 spiro atoms. The highest BCUT2D eigenvalue weighted by atomic mass is 16.5. The maximum absolute atomic E-state index is 10.7. The largest absolute Gasteiger partial charge is 0.463 e. The van der Waals surface area contributed by atoms with Crippen LogP contribution < -0.4 is 5.73 Å². The zero-order chi connectivity index (χ0) is 8.69. The Balaban J connectivity index is 3.45. The SMILES string of the molecule is CC(C)=NCC(=O)OCCN. The van der Waals surface area contributed by atoms with Crippen molar-refractivity contribution in [1.82, 2.24) is 0 Å². The van der Waals surface area contributed by atoms with Crippen molar-refractivity contribution in [3.8, 4) is 0 Å². The summed E-state index contributed by atoms with van der Waals surface area (Å²) >= 11 is 0. The summed E-state index contributed by atoms with van der Waals surface area (Å²) in [5.74, 6) is -0.323. The lowest BCUT2D eigenvalue weighted by Gasteiger charge is -1.99. The van der Waals surface area contributed by atoms with Crippen LogP contribution in [0.5, 0.6) is 0 Å². The molecule has 0 aromatic carbocycles. The van der Waals surface area contributed by atoms with Crippen LogP contribution in [0.25, 0.3) is 0 Å². The van der Waals surface area contributed by atoms with Gasteiger partial charge in [-0.05, 0) is 13.8 Å². The number of aliphatic imine (C=N–C) groups is 1. The predicted molar refractivity (Wildman–Crippen MR) is 43.7 cm³/mol. The number of hydrogen-bond acceptors (Lipinski definition) is 4. The molecule has 0 unspecified atom stereocenters. The highest BCUT2D eigenvalue weighted by Gasteiger charge is 1.98. The van der Waals surface area contributed by atoms with Crippen molar-refractivity contribution in [2.45, 2.75) is 13.8 Å². The second-order valence-corrected chi connectivity index (χ2v) is 2.27. The van der Waals surface area contributed by atoms with Crippen LogP contribution in [0.15, 0.2) is 4.99 Å². The van der Waals surface area contributed by atoms with Crippen molar-refractivity contribution in [2.24, 2.45) is 10.7 Å². The van der Waals surface area contributed by atoms with Crippen LogP contribution in [0.2, 0.25) is 0 Å². The number of rotatable bonds is 4. The Kier molecular flexibility index (Phi) is 5.37. The first-order valence-electron chi connectivity index (χ1n) is 3.50. The molecule has 0 bridgehead atoms. The number of hydrogen-bond donors (Lipinski definition) is 1. The highest BCUT2D eigenvalue weighted by Crippen LogP contribution is 1.81. The number of esters is 1. The van der Waals surface area contributed by atoms with Crippen LogP contribution >= 0.6 is 0 Å². The lowest BCUT2D eigenvalue weighted by molar-refractivity contribution is -0.141. The Bertz CT molecular complexity index is 151. The third kappa shape index (κ3) is 6.99. The molecule has 0 radical (unpaired) electrons. The highest BCUT2D eigenvalue weighted by molar-refractivity contribution is 5.82. The Hall–Kier alpha value is -0.900. The van der Waals surface area contributed by atoms with Gasteiger partial charge in [0.25, 0.3) is 0 Å². The quantitative estimate of drug-likeness (QED) is 0.461. The number of carbonyl (C=O) groups is 1. The molecule has 4 nitrogen and oxygen atoms in total. The molecule has 0 aliphatic carbocycles. The first kappa shape index (κ1) is 10.1. The lowest BCUT2D eigenvalue weighted by atomic mass is 10.5. The van der Waals surface area contributed by atoms with Crippen LogP contribution in [-0.4, -0.2) is 31.4 Å². The Morgan fingerprint density at radius 3 is 2.64 bits per heavy atom. The minimum absolute atomic E-state index is 0.0995. The standard InChI is InChI=1S/C7H14N2O2/c1-6(2)9-5-7(10)11-4-3-8/h3-5,8H2,1-2H3. The van der Waals surface area contributed by atoms with E-state index >= 15 is 0 Å². The molecule has 0 aromatic rings. The van der Waals surface area contributed by atoms with E-state index in [4.69, 9.17) is 5.73 Å². The second kappa shape index (κ2) is 5.85. The second-order valence-electron chi connectivity index (χ2n) is 2.27. The summed E-state index contributed by atoms with van der Waals surface area (Å²) in [7, 11) is 0. The first-order valence-corrected chi connectivity index (χ1v) is 3.50. The predicted octanol–water partition coefficient (Wildman–Crippen LogP) is -0.0309. The van der Waals surface area contributed by atoms with E-state index in [1.54, 1.807) is 0 Å². The molecule has 0 rings (SSSR count). The minimum atomic E-state index is -0.323. The summed E-state index contributed by atoms with van der Waals surface area (Å²) < 4.78 is 4.67. The number of carbonyl (C=O) groups excluding carboxylic acids is 1. The molecular weight excluding hydrogens is 144 g/mol. The molecule has 0 aliphatic heterocycles. The van der Waals surface area contributed by atoms with Gasteiger partial charge in [-0.2, -0.15) is 0 Å². The van der Waals surface area contributed by atoms with Gasteiger partial charge in [0.1, 0.15) is 13.2 Å². The maximum Gasteiger partial charge on any atom is 0.327 e. The molecule has 0 aliphatic rings. The molecule has 0 saturated carbocycles. The van der Waals surface area contributed by atoms with Gasteiger partial charge in [0, 0.05) is 12.3 Å². The molecule has 11 heavy (non-hydrogen) atoms. The molecule has 0 heterocycles. The minimum Gasteiger partial charge on any atom is -0.463 e. The van der Waals surface area contributed by atoms with Crippen LogP contribution in [0.1, 0.15) is 13.8 Å². The van der Waals surface area contributed by atoms with Crippen LogP contribution in [0.3, 0.4) is 0 Å². The number of nitrogens with zero attached hydrogens (tertiary/aromatic N) is 1. The number of nitrogens with two attached hydrogens (primary N) is 1. The molecule has 0 amide bonds. The Morgan fingerprint density at radius 2 is 2.18 bits per heavy atom. The molecular formula is C7H14N2O2. The third-order valence-corrected chi connectivity index (χ3v) is 0.905. The van der Waals surface area contributed by atoms with Gasteiger partial charge < -0.3 is 10.5 Å². The average molecular weight is 158 g/mol. The molecule has 4 heteroatoms. The average Bonchev–Trinajstić information content (AvgIpc) is 1.97. The first-order chi connectivity index (χ1) is 5.16. The molecule has 0 aromatic heterocycles. The maximum atomic E-state index is 10.7. The molecule has 0 fully saturated rings. The molecule has 64 valence electrons. The summed E-state index contributed by atoms with van der Waals surface area (Å²) in [5, 5.41) is 0. The summed E-state index contributed by atoms with van der Waals surface area (Å²) in [6.07, 6.45) is 0. The van der Waals surface area contributed by atoms with Gasteiger partial charge in [0.05, 0.1) is 0 Å². The topological polar surface area (TPSA) is 64.7 Å². The van der Waals surface area contributed by atoms with Crippen molar-refractivity contribution in [3.63, 3.8) is 0 Å². The smallest absolute Gasteiger partial charge is 0.327 e. The van der Waals surface area contributed by atoms with Gasteiger partial charge in [-0.15, -0.1) is 0 Å². The molecule has 0 saturated heterocycles. The summed E-state index contributed by atoms with van der Waals surface area (Å²) in [6.45, 7) is 4.40. The van der Waals surface area contributed by atoms with E-state index in [9.17, 15) is 4.79 Å². The van der Waals surface area contributed by atoms with Gasteiger partial charge in [-0.25, -0.2) is 0 Å². The summed E-state index contributed by atoms with van der Waals surface area (Å²) in [5.41, 5.74) is 5.99. The van der Waals surface area contributed by atoms with Crippen molar-refractivity contribution in [2.75, 3.05) is 19.7 Å². The van der Waals surface area contributed by atoms with E-state index in [0.717, 1.165) is 5.71 Å². The lowest BCUT2D eigenvalue weighted by Crippen LogP contribution is -2.15. The fourth-order valence-electron chi connectivity index (χ4n) is 0.441. The normalized spacial score (nSPS) is 9.00. The Labute approximate surface area is 66.4 Å². The van der Waals surface area contributed by atoms with E-state index in [2.05, 4.69) is 9.73 Å². The Morgan fingerprint density at radius 1 is 1.55 bits per heavy atom. The zero-order valence-corrected chi connectivity index (χ0v) is 6.96. The fourth-order valence-corrected chi connectivity index (χ4v) is 0.441. The monoisotopic (exact) mass is 158 g/mol. The fraction of sp³-hybridized carbons (Fsp3) is 0.714. The van der Waals surface area contributed by atoms with Crippen LogP contribution in [0, 0.1) is 0 Å². The van der Waals surface area contributed by atoms with Gasteiger partial charge in [0.15, 0.2) is 0 Å².